The first-order valence-electron chi connectivity index (χ1n) is 11.6. The number of hydrogen-bond acceptors (Lipinski definition) is 6. The second kappa shape index (κ2) is 10.0. The van der Waals surface area contributed by atoms with E-state index in [9.17, 15) is 13.2 Å². The fourth-order valence-electron chi connectivity index (χ4n) is 4.50. The molecule has 3 heterocycles. The largest absolute Gasteiger partial charge is 0.437 e. The second-order valence-electron chi connectivity index (χ2n) is 8.83. The Kier molecular flexibility index (Phi) is 7.11. The minimum absolute atomic E-state index is 0.276. The van der Waals surface area contributed by atoms with Crippen molar-refractivity contribution < 1.29 is 17.9 Å². The lowest BCUT2D eigenvalue weighted by molar-refractivity contribution is -0.138. The summed E-state index contributed by atoms with van der Waals surface area (Å²) < 4.78 is 47.0. The Hall–Kier alpha value is -3.07. The van der Waals surface area contributed by atoms with Gasteiger partial charge in [-0.3, -0.25) is 0 Å². The number of piperidine rings is 1. The Morgan fingerprint density at radius 1 is 1.24 bits per heavy atom. The normalized spacial score (nSPS) is 19.5. The Balaban J connectivity index is 1.79. The zero-order valence-corrected chi connectivity index (χ0v) is 19.4. The predicted molar refractivity (Wildman–Crippen MR) is 128 cm³/mol. The summed E-state index contributed by atoms with van der Waals surface area (Å²) >= 11 is 0. The van der Waals surface area contributed by atoms with Crippen LogP contribution < -0.4 is 20.3 Å². The number of pyridine rings is 1. The number of rotatable bonds is 6. The summed E-state index contributed by atoms with van der Waals surface area (Å²) in [6.07, 6.45) is 3.10. The first-order valence-corrected chi connectivity index (χ1v) is 11.6. The molecule has 1 aromatic heterocycles. The van der Waals surface area contributed by atoms with E-state index < -0.39 is 17.6 Å². The van der Waals surface area contributed by atoms with Crippen LogP contribution >= 0.6 is 0 Å². The van der Waals surface area contributed by atoms with Gasteiger partial charge in [-0.1, -0.05) is 0 Å². The Labute approximate surface area is 197 Å². The van der Waals surface area contributed by atoms with Crippen LogP contribution in [0.2, 0.25) is 0 Å². The van der Waals surface area contributed by atoms with Gasteiger partial charge in [-0.25, -0.2) is 4.98 Å². The number of fused-ring (bicyclic) bond motifs is 1. The number of nitrogens with one attached hydrogen (secondary N) is 3. The zero-order valence-electron chi connectivity index (χ0n) is 19.4. The number of hydrogen-bond donors (Lipinski definition) is 3. The molecule has 1 fully saturated rings. The summed E-state index contributed by atoms with van der Waals surface area (Å²) in [6, 6.07) is 6.57. The summed E-state index contributed by atoms with van der Waals surface area (Å²) in [5, 5.41) is 14.7. The van der Waals surface area contributed by atoms with Gasteiger partial charge < -0.3 is 25.7 Å². The average molecular weight is 474 g/mol. The van der Waals surface area contributed by atoms with E-state index in [1.807, 2.05) is 19.2 Å². The Morgan fingerprint density at radius 3 is 2.71 bits per heavy atom. The lowest BCUT2D eigenvalue weighted by Crippen LogP contribution is -2.37. The highest BCUT2D eigenvalue weighted by atomic mass is 19.4. The fourth-order valence-corrected chi connectivity index (χ4v) is 4.50. The standard InChI is InChI=1S/C25H30F3N5O/c1-16-5-6-20-22(33(16)2)8-7-19(17(14-29)15-32-18-9-12-30-13-10-18)23(20)34-24-21(25(26,27)28)4-3-11-31-24/h3-4,7-8,11,14-16,18,29-30,32H,5-6,9-10,12-13H2,1-2H3/b17-15+,29-14?. The highest BCUT2D eigenvalue weighted by molar-refractivity contribution is 6.09. The van der Waals surface area contributed by atoms with Crippen molar-refractivity contribution >= 4 is 17.5 Å². The third kappa shape index (κ3) is 5.04. The summed E-state index contributed by atoms with van der Waals surface area (Å²) in [5.41, 5.74) is 1.92. The van der Waals surface area contributed by atoms with Gasteiger partial charge in [0.25, 0.3) is 0 Å². The maximum absolute atomic E-state index is 13.7. The summed E-state index contributed by atoms with van der Waals surface area (Å²) in [6.45, 7) is 3.95. The van der Waals surface area contributed by atoms with E-state index in [0.29, 0.717) is 29.3 Å². The van der Waals surface area contributed by atoms with Gasteiger partial charge in [0.1, 0.15) is 11.3 Å². The number of halogens is 3. The Morgan fingerprint density at radius 2 is 2.00 bits per heavy atom. The average Bonchev–Trinajstić information content (AvgIpc) is 2.83. The molecule has 6 nitrogen and oxygen atoms in total. The smallest absolute Gasteiger partial charge is 0.421 e. The van der Waals surface area contributed by atoms with Crippen LogP contribution in [-0.4, -0.2) is 43.4 Å². The number of aromatic nitrogens is 1. The summed E-state index contributed by atoms with van der Waals surface area (Å²) in [5.74, 6) is -0.163. The fraction of sp³-hybridized carbons (Fsp3) is 0.440. The van der Waals surface area contributed by atoms with Gasteiger partial charge in [0, 0.05) is 60.1 Å². The van der Waals surface area contributed by atoms with E-state index in [4.69, 9.17) is 10.1 Å². The monoisotopic (exact) mass is 473 g/mol. The molecule has 0 saturated carbocycles. The van der Waals surface area contributed by atoms with Crippen LogP contribution in [0.4, 0.5) is 18.9 Å². The number of nitrogens with zero attached hydrogens (tertiary/aromatic N) is 2. The number of alkyl halides is 3. The first-order chi connectivity index (χ1) is 16.3. The number of ether oxygens (including phenoxy) is 1. The van der Waals surface area contributed by atoms with E-state index >= 15 is 0 Å². The predicted octanol–water partition coefficient (Wildman–Crippen LogP) is 5.00. The topological polar surface area (TPSA) is 73.3 Å². The maximum atomic E-state index is 13.7. The molecular formula is C25H30F3N5O. The minimum atomic E-state index is -4.60. The van der Waals surface area contributed by atoms with Crippen LogP contribution in [0, 0.1) is 5.41 Å². The lowest BCUT2D eigenvalue weighted by Gasteiger charge is -2.35. The van der Waals surface area contributed by atoms with Gasteiger partial charge in [-0.05, 0) is 70.0 Å². The molecule has 0 amide bonds. The molecule has 4 rings (SSSR count). The van der Waals surface area contributed by atoms with E-state index in [0.717, 1.165) is 49.7 Å². The lowest BCUT2D eigenvalue weighted by atomic mass is 9.92. The van der Waals surface area contributed by atoms with Gasteiger partial charge in [0.2, 0.25) is 5.88 Å². The van der Waals surface area contributed by atoms with Gasteiger partial charge in [0.05, 0.1) is 0 Å². The van der Waals surface area contributed by atoms with E-state index in [2.05, 4.69) is 27.4 Å². The SMILES string of the molecule is CC1CCc2c(ccc(/C(C=N)=C/NC3CCNCC3)c2Oc2ncccc2C(F)(F)F)N1C. The number of allylic oxidation sites excluding steroid dienone is 1. The van der Waals surface area contributed by atoms with Crippen LogP contribution in [0.15, 0.2) is 36.7 Å². The molecule has 1 unspecified atom stereocenters. The summed E-state index contributed by atoms with van der Waals surface area (Å²) in [7, 11) is 1.97. The number of anilines is 1. The van der Waals surface area contributed by atoms with Crippen molar-refractivity contribution in [1.29, 1.82) is 5.41 Å². The van der Waals surface area contributed by atoms with Crippen molar-refractivity contribution in [2.24, 2.45) is 0 Å². The quantitative estimate of drug-likeness (QED) is 0.515. The van der Waals surface area contributed by atoms with Crippen molar-refractivity contribution in [3.8, 4) is 11.6 Å². The van der Waals surface area contributed by atoms with Crippen molar-refractivity contribution in [3.05, 3.63) is 53.4 Å². The highest BCUT2D eigenvalue weighted by Crippen LogP contribution is 2.44. The third-order valence-corrected chi connectivity index (χ3v) is 6.64. The van der Waals surface area contributed by atoms with Crippen LogP contribution in [0.5, 0.6) is 11.6 Å². The third-order valence-electron chi connectivity index (χ3n) is 6.64. The Bertz CT molecular complexity index is 1060. The molecule has 34 heavy (non-hydrogen) atoms. The van der Waals surface area contributed by atoms with Crippen molar-refractivity contribution in [2.45, 2.75) is 50.9 Å². The molecule has 9 heteroatoms. The molecule has 182 valence electrons. The molecule has 2 aromatic rings. The van der Waals surface area contributed by atoms with Crippen molar-refractivity contribution in [2.75, 3.05) is 25.0 Å². The molecule has 1 atom stereocenters. The van der Waals surface area contributed by atoms with Crippen LogP contribution in [0.1, 0.15) is 42.9 Å². The molecule has 0 aliphatic carbocycles. The van der Waals surface area contributed by atoms with E-state index in [1.54, 1.807) is 6.20 Å². The van der Waals surface area contributed by atoms with Gasteiger partial charge in [-0.2, -0.15) is 13.2 Å². The van der Waals surface area contributed by atoms with E-state index in [1.165, 1.54) is 18.5 Å². The maximum Gasteiger partial charge on any atom is 0.421 e. The molecule has 1 aromatic carbocycles. The van der Waals surface area contributed by atoms with Gasteiger partial charge >= 0.3 is 6.18 Å². The molecule has 3 N–H and O–H groups in total. The first kappa shape index (κ1) is 24.1. The van der Waals surface area contributed by atoms with Crippen LogP contribution in [0.3, 0.4) is 0 Å². The minimum Gasteiger partial charge on any atom is -0.437 e. The van der Waals surface area contributed by atoms with Gasteiger partial charge in [-0.15, -0.1) is 0 Å². The summed E-state index contributed by atoms with van der Waals surface area (Å²) in [4.78, 5) is 6.02. The molecule has 0 radical (unpaired) electrons. The molecule has 0 bridgehead atoms. The van der Waals surface area contributed by atoms with Crippen molar-refractivity contribution in [3.63, 3.8) is 0 Å². The number of benzene rings is 1. The van der Waals surface area contributed by atoms with E-state index in [-0.39, 0.29) is 6.04 Å². The van der Waals surface area contributed by atoms with Crippen LogP contribution in [0.25, 0.3) is 5.57 Å². The molecule has 2 aliphatic rings. The van der Waals surface area contributed by atoms with Crippen molar-refractivity contribution in [1.82, 2.24) is 15.6 Å². The second-order valence-corrected chi connectivity index (χ2v) is 8.83. The molecule has 2 aliphatic heterocycles. The van der Waals surface area contributed by atoms with Gasteiger partial charge in [0.15, 0.2) is 0 Å². The molecular weight excluding hydrogens is 443 g/mol. The molecule has 1 saturated heterocycles. The zero-order chi connectivity index (χ0) is 24.3. The van der Waals surface area contributed by atoms with Crippen LogP contribution in [-0.2, 0) is 12.6 Å². The highest BCUT2D eigenvalue weighted by Gasteiger charge is 2.36. The molecule has 0 spiro atoms.